The molecule has 0 bridgehead atoms. The highest BCUT2D eigenvalue weighted by Gasteiger charge is 2.11. The molecule has 0 aliphatic rings. The third-order valence-corrected chi connectivity index (χ3v) is 3.32. The molecule has 1 aromatic carbocycles. The summed E-state index contributed by atoms with van der Waals surface area (Å²) in [4.78, 5) is 0. The lowest BCUT2D eigenvalue weighted by atomic mass is 10.1. The van der Waals surface area contributed by atoms with E-state index in [1.54, 1.807) is 0 Å². The van der Waals surface area contributed by atoms with Gasteiger partial charge >= 0.3 is 0 Å². The Kier molecular flexibility index (Phi) is 6.78. The normalized spacial score (nSPS) is 13.0. The van der Waals surface area contributed by atoms with Gasteiger partial charge in [0.1, 0.15) is 0 Å². The molecule has 1 rings (SSSR count). The fourth-order valence-electron chi connectivity index (χ4n) is 1.72. The molecule has 0 aromatic heterocycles. The van der Waals surface area contributed by atoms with Gasteiger partial charge in [-0.25, -0.2) is 0 Å². The van der Waals surface area contributed by atoms with E-state index < -0.39 is 0 Å². The van der Waals surface area contributed by atoms with Crippen molar-refractivity contribution in [3.8, 4) is 0 Å². The van der Waals surface area contributed by atoms with E-state index in [0.717, 1.165) is 19.6 Å². The van der Waals surface area contributed by atoms with Crippen LogP contribution in [0.4, 0.5) is 0 Å². The zero-order valence-corrected chi connectivity index (χ0v) is 12.5. The van der Waals surface area contributed by atoms with Gasteiger partial charge in [-0.1, -0.05) is 41.1 Å². The first kappa shape index (κ1) is 14.7. The van der Waals surface area contributed by atoms with Gasteiger partial charge in [-0.05, 0) is 38.4 Å². The Morgan fingerprint density at radius 1 is 1.29 bits per heavy atom. The summed E-state index contributed by atoms with van der Waals surface area (Å²) in [5, 5.41) is 3.47. The molecule has 1 atom stereocenters. The van der Waals surface area contributed by atoms with Crippen LogP contribution in [0.2, 0.25) is 0 Å². The van der Waals surface area contributed by atoms with E-state index in [9.17, 15) is 0 Å². The van der Waals surface area contributed by atoms with Gasteiger partial charge in [0.2, 0.25) is 0 Å². The van der Waals surface area contributed by atoms with Crippen molar-refractivity contribution in [1.29, 1.82) is 0 Å². The molecule has 1 aromatic rings. The highest BCUT2D eigenvalue weighted by molar-refractivity contribution is 9.10. The maximum atomic E-state index is 5.69. The fourth-order valence-corrected chi connectivity index (χ4v) is 2.16. The molecule has 0 aliphatic heterocycles. The monoisotopic (exact) mass is 299 g/mol. The van der Waals surface area contributed by atoms with E-state index in [1.165, 1.54) is 10.0 Å². The average molecular weight is 300 g/mol. The van der Waals surface area contributed by atoms with E-state index >= 15 is 0 Å². The van der Waals surface area contributed by atoms with Crippen LogP contribution in [0.1, 0.15) is 26.3 Å². The second-order valence-electron chi connectivity index (χ2n) is 4.43. The van der Waals surface area contributed by atoms with Gasteiger partial charge < -0.3 is 10.1 Å². The number of ether oxygens (including phenoxy) is 1. The molecule has 0 radical (unpaired) electrons. The summed E-state index contributed by atoms with van der Waals surface area (Å²) in [6, 6.07) is 8.74. The predicted molar refractivity (Wildman–Crippen MR) is 76.4 cm³/mol. The number of nitrogens with one attached hydrogen (secondary N) is 1. The van der Waals surface area contributed by atoms with Crippen molar-refractivity contribution in [3.05, 3.63) is 34.3 Å². The first-order chi connectivity index (χ1) is 8.13. The van der Waals surface area contributed by atoms with Crippen LogP contribution < -0.4 is 5.32 Å². The van der Waals surface area contributed by atoms with Crippen molar-refractivity contribution < 1.29 is 4.74 Å². The highest BCUT2D eigenvalue weighted by Crippen LogP contribution is 2.17. The van der Waals surface area contributed by atoms with Gasteiger partial charge in [0.15, 0.2) is 0 Å². The number of hydrogen-bond acceptors (Lipinski definition) is 2. The Labute approximate surface area is 113 Å². The minimum atomic E-state index is 0.287. The molecule has 0 saturated heterocycles. The van der Waals surface area contributed by atoms with Crippen LogP contribution in [0.15, 0.2) is 28.7 Å². The zero-order valence-electron chi connectivity index (χ0n) is 10.9. The quantitative estimate of drug-likeness (QED) is 0.833. The molecule has 0 fully saturated rings. The Morgan fingerprint density at radius 2 is 2.00 bits per heavy atom. The van der Waals surface area contributed by atoms with Gasteiger partial charge in [0, 0.05) is 10.5 Å². The SMILES string of the molecule is CCNC(COC(C)C)Cc1ccccc1Br. The maximum Gasteiger partial charge on any atom is 0.0626 e. The molecule has 1 N–H and O–H groups in total. The van der Waals surface area contributed by atoms with Crippen molar-refractivity contribution in [3.63, 3.8) is 0 Å². The Bertz CT molecular complexity index is 328. The first-order valence-electron chi connectivity index (χ1n) is 6.21. The topological polar surface area (TPSA) is 21.3 Å². The second-order valence-corrected chi connectivity index (χ2v) is 5.29. The van der Waals surface area contributed by atoms with Crippen LogP contribution in [0.5, 0.6) is 0 Å². The predicted octanol–water partition coefficient (Wildman–Crippen LogP) is 3.39. The number of likely N-dealkylation sites (N-methyl/N-ethyl adjacent to an activating group) is 1. The van der Waals surface area contributed by atoms with Crippen molar-refractivity contribution in [1.82, 2.24) is 5.32 Å². The summed E-state index contributed by atoms with van der Waals surface area (Å²) in [7, 11) is 0. The van der Waals surface area contributed by atoms with Gasteiger partial charge in [0.25, 0.3) is 0 Å². The minimum absolute atomic E-state index is 0.287. The summed E-state index contributed by atoms with van der Waals surface area (Å²) in [5.74, 6) is 0. The molecule has 0 spiro atoms. The van der Waals surface area contributed by atoms with Gasteiger partial charge in [-0.15, -0.1) is 0 Å². The highest BCUT2D eigenvalue weighted by atomic mass is 79.9. The van der Waals surface area contributed by atoms with E-state index in [4.69, 9.17) is 4.74 Å². The Morgan fingerprint density at radius 3 is 2.59 bits per heavy atom. The summed E-state index contributed by atoms with van der Waals surface area (Å²) in [6.07, 6.45) is 1.28. The lowest BCUT2D eigenvalue weighted by Gasteiger charge is -2.20. The number of benzene rings is 1. The third kappa shape index (κ3) is 5.66. The minimum Gasteiger partial charge on any atom is -0.377 e. The third-order valence-electron chi connectivity index (χ3n) is 2.55. The second kappa shape index (κ2) is 7.85. The molecular weight excluding hydrogens is 278 g/mol. The Hall–Kier alpha value is -0.380. The molecule has 96 valence electrons. The van der Waals surface area contributed by atoms with E-state index in [2.05, 4.69) is 60.2 Å². The summed E-state index contributed by atoms with van der Waals surface area (Å²) >= 11 is 3.59. The molecular formula is C14H22BrNO. The average Bonchev–Trinajstić information content (AvgIpc) is 2.29. The van der Waals surface area contributed by atoms with Crippen LogP contribution >= 0.6 is 15.9 Å². The largest absolute Gasteiger partial charge is 0.377 e. The van der Waals surface area contributed by atoms with E-state index in [0.29, 0.717) is 6.04 Å². The van der Waals surface area contributed by atoms with Gasteiger partial charge in [0.05, 0.1) is 12.7 Å². The summed E-state index contributed by atoms with van der Waals surface area (Å²) in [6.45, 7) is 7.99. The first-order valence-corrected chi connectivity index (χ1v) is 7.01. The summed E-state index contributed by atoms with van der Waals surface area (Å²) in [5.41, 5.74) is 1.32. The molecule has 2 nitrogen and oxygen atoms in total. The maximum absolute atomic E-state index is 5.69. The Balaban J connectivity index is 2.56. The number of rotatable bonds is 7. The van der Waals surface area contributed by atoms with Crippen molar-refractivity contribution in [2.45, 2.75) is 39.3 Å². The van der Waals surface area contributed by atoms with Gasteiger partial charge in [-0.2, -0.15) is 0 Å². The van der Waals surface area contributed by atoms with Crippen LogP contribution in [0.25, 0.3) is 0 Å². The lowest BCUT2D eigenvalue weighted by molar-refractivity contribution is 0.0616. The summed E-state index contributed by atoms with van der Waals surface area (Å²) < 4.78 is 6.86. The van der Waals surface area contributed by atoms with Crippen LogP contribution in [0.3, 0.4) is 0 Å². The fraction of sp³-hybridized carbons (Fsp3) is 0.571. The smallest absolute Gasteiger partial charge is 0.0626 e. The molecule has 3 heteroatoms. The molecule has 17 heavy (non-hydrogen) atoms. The van der Waals surface area contributed by atoms with E-state index in [-0.39, 0.29) is 6.10 Å². The van der Waals surface area contributed by atoms with E-state index in [1.807, 2.05) is 6.07 Å². The van der Waals surface area contributed by atoms with Crippen LogP contribution in [-0.2, 0) is 11.2 Å². The molecule has 0 amide bonds. The van der Waals surface area contributed by atoms with Crippen LogP contribution in [-0.4, -0.2) is 25.3 Å². The van der Waals surface area contributed by atoms with Gasteiger partial charge in [-0.3, -0.25) is 0 Å². The molecule has 0 saturated carbocycles. The molecule has 1 unspecified atom stereocenters. The lowest BCUT2D eigenvalue weighted by Crippen LogP contribution is -2.36. The number of halogens is 1. The zero-order chi connectivity index (χ0) is 12.7. The molecule has 0 heterocycles. The van der Waals surface area contributed by atoms with Crippen molar-refractivity contribution in [2.24, 2.45) is 0 Å². The molecule has 0 aliphatic carbocycles. The number of hydrogen-bond donors (Lipinski definition) is 1. The van der Waals surface area contributed by atoms with Crippen molar-refractivity contribution >= 4 is 15.9 Å². The van der Waals surface area contributed by atoms with Crippen molar-refractivity contribution in [2.75, 3.05) is 13.2 Å². The van der Waals surface area contributed by atoms with Crippen LogP contribution in [0, 0.1) is 0 Å². The standard InChI is InChI=1S/C14H22BrNO/c1-4-16-13(10-17-11(2)3)9-12-7-5-6-8-14(12)15/h5-8,11,13,16H,4,9-10H2,1-3H3.